The first-order chi connectivity index (χ1) is 9.74. The molecule has 0 radical (unpaired) electrons. The van der Waals surface area contributed by atoms with Crippen molar-refractivity contribution in [2.45, 2.75) is 26.2 Å². The van der Waals surface area contributed by atoms with Gasteiger partial charge in [0.2, 0.25) is 0 Å². The Labute approximate surface area is 129 Å². The summed E-state index contributed by atoms with van der Waals surface area (Å²) in [5.74, 6) is 0.511. The van der Waals surface area contributed by atoms with Crippen LogP contribution >= 0.6 is 11.3 Å². The summed E-state index contributed by atoms with van der Waals surface area (Å²) in [6.45, 7) is 5.18. The number of carbonyl (C=O) groups is 1. The summed E-state index contributed by atoms with van der Waals surface area (Å²) in [6, 6.07) is -0.198. The summed E-state index contributed by atoms with van der Waals surface area (Å²) in [5, 5.41) is 5.32. The first-order valence-electron chi connectivity index (χ1n) is 6.93. The Hall–Kier alpha value is -1.15. The number of hydrogen-bond acceptors (Lipinski definition) is 5. The molecule has 118 valence electrons. The number of nitrogens with one attached hydrogen (secondary N) is 1. The summed E-state index contributed by atoms with van der Waals surface area (Å²) < 4.78 is 22.6. The molecule has 2 heterocycles. The monoisotopic (exact) mass is 331 g/mol. The number of nitrogens with zero attached hydrogens (tertiary/aromatic N) is 2. The number of likely N-dealkylation sites (tertiary alicyclic amines) is 1. The highest BCUT2D eigenvalue weighted by Crippen LogP contribution is 2.23. The van der Waals surface area contributed by atoms with E-state index in [9.17, 15) is 13.2 Å². The maximum atomic E-state index is 12.1. The van der Waals surface area contributed by atoms with E-state index in [2.05, 4.69) is 24.1 Å². The highest BCUT2D eigenvalue weighted by molar-refractivity contribution is 7.90. The van der Waals surface area contributed by atoms with Gasteiger partial charge < -0.3 is 4.90 Å². The summed E-state index contributed by atoms with van der Waals surface area (Å²) in [4.78, 5) is 18.2. The minimum atomic E-state index is -2.99. The summed E-state index contributed by atoms with van der Waals surface area (Å²) >= 11 is 1.41. The minimum Gasteiger partial charge on any atom is -0.324 e. The van der Waals surface area contributed by atoms with Crippen LogP contribution < -0.4 is 5.32 Å². The molecule has 0 saturated carbocycles. The third-order valence-corrected chi connectivity index (χ3v) is 5.29. The lowest BCUT2D eigenvalue weighted by atomic mass is 10.2. The van der Waals surface area contributed by atoms with Crippen molar-refractivity contribution in [1.82, 2.24) is 9.88 Å². The predicted molar refractivity (Wildman–Crippen MR) is 84.6 cm³/mol. The third kappa shape index (κ3) is 4.67. The lowest BCUT2D eigenvalue weighted by Crippen LogP contribution is -2.33. The molecule has 1 aliphatic rings. The zero-order chi connectivity index (χ0) is 15.6. The quantitative estimate of drug-likeness (QED) is 0.917. The van der Waals surface area contributed by atoms with Crippen LogP contribution in [0.15, 0.2) is 5.38 Å². The number of sulfone groups is 1. The van der Waals surface area contributed by atoms with Crippen LogP contribution in [0, 0.1) is 5.92 Å². The Morgan fingerprint density at radius 3 is 2.86 bits per heavy atom. The van der Waals surface area contributed by atoms with E-state index in [1.54, 1.807) is 4.90 Å². The Balaban J connectivity index is 1.89. The molecule has 1 aromatic heterocycles. The van der Waals surface area contributed by atoms with Crippen LogP contribution in [0.2, 0.25) is 0 Å². The van der Waals surface area contributed by atoms with E-state index in [-0.39, 0.29) is 17.7 Å². The molecule has 21 heavy (non-hydrogen) atoms. The van der Waals surface area contributed by atoms with Gasteiger partial charge in [-0.05, 0) is 18.3 Å². The van der Waals surface area contributed by atoms with Crippen molar-refractivity contribution in [2.75, 3.05) is 30.4 Å². The highest BCUT2D eigenvalue weighted by Gasteiger charge is 2.28. The maximum Gasteiger partial charge on any atom is 0.323 e. The topological polar surface area (TPSA) is 79.4 Å². The second kappa shape index (κ2) is 6.31. The standard InChI is InChI=1S/C13H21N3O3S2/c1-9(2)11-7-20-12(14-11)15-13(17)16-5-4-10(6-16)8-21(3,18)19/h7,9-10H,4-6,8H2,1-3H3,(H,14,15,17). The number of rotatable bonds is 4. The van der Waals surface area contributed by atoms with Crippen LogP contribution in [0.1, 0.15) is 31.9 Å². The Morgan fingerprint density at radius 1 is 1.57 bits per heavy atom. The van der Waals surface area contributed by atoms with E-state index < -0.39 is 9.84 Å². The fraction of sp³-hybridized carbons (Fsp3) is 0.692. The van der Waals surface area contributed by atoms with Gasteiger partial charge in [0, 0.05) is 24.7 Å². The van der Waals surface area contributed by atoms with Gasteiger partial charge in [-0.3, -0.25) is 5.32 Å². The Kier molecular flexibility index (Phi) is 4.88. The van der Waals surface area contributed by atoms with Crippen molar-refractivity contribution in [3.63, 3.8) is 0 Å². The van der Waals surface area contributed by atoms with Crippen LogP contribution in [0.5, 0.6) is 0 Å². The van der Waals surface area contributed by atoms with Crippen molar-refractivity contribution >= 4 is 32.3 Å². The first-order valence-corrected chi connectivity index (χ1v) is 9.87. The molecule has 2 rings (SSSR count). The molecule has 1 fully saturated rings. The fourth-order valence-electron chi connectivity index (χ4n) is 2.36. The van der Waals surface area contributed by atoms with Gasteiger partial charge in [0.1, 0.15) is 9.84 Å². The van der Waals surface area contributed by atoms with E-state index in [1.807, 2.05) is 5.38 Å². The molecule has 0 bridgehead atoms. The second-order valence-electron chi connectivity index (χ2n) is 5.86. The highest BCUT2D eigenvalue weighted by atomic mass is 32.2. The molecule has 1 saturated heterocycles. The average molecular weight is 331 g/mol. The van der Waals surface area contributed by atoms with Gasteiger partial charge in [-0.15, -0.1) is 11.3 Å². The number of anilines is 1. The minimum absolute atomic E-state index is 0.0354. The van der Waals surface area contributed by atoms with Crippen molar-refractivity contribution in [3.8, 4) is 0 Å². The van der Waals surface area contributed by atoms with Crippen molar-refractivity contribution in [1.29, 1.82) is 0 Å². The van der Waals surface area contributed by atoms with Crippen LogP contribution in [0.25, 0.3) is 0 Å². The number of aromatic nitrogens is 1. The number of urea groups is 1. The van der Waals surface area contributed by atoms with Gasteiger partial charge in [0.15, 0.2) is 5.13 Å². The normalized spacial score (nSPS) is 19.2. The van der Waals surface area contributed by atoms with Gasteiger partial charge in [-0.2, -0.15) is 0 Å². The molecule has 6 nitrogen and oxygen atoms in total. The summed E-state index contributed by atoms with van der Waals surface area (Å²) in [7, 11) is -2.99. The molecule has 1 aromatic rings. The zero-order valence-electron chi connectivity index (χ0n) is 12.5. The van der Waals surface area contributed by atoms with E-state index in [4.69, 9.17) is 0 Å². The molecule has 2 amide bonds. The van der Waals surface area contributed by atoms with Crippen LogP contribution in [0.3, 0.4) is 0 Å². The summed E-state index contributed by atoms with van der Waals surface area (Å²) in [6.07, 6.45) is 1.97. The second-order valence-corrected chi connectivity index (χ2v) is 8.90. The molecule has 1 unspecified atom stereocenters. The van der Waals surface area contributed by atoms with Gasteiger partial charge in [0.25, 0.3) is 0 Å². The molecule has 8 heteroatoms. The number of thiazole rings is 1. The van der Waals surface area contributed by atoms with Crippen LogP contribution in [-0.2, 0) is 9.84 Å². The molecule has 1 aliphatic heterocycles. The zero-order valence-corrected chi connectivity index (χ0v) is 14.1. The van der Waals surface area contributed by atoms with Crippen molar-refractivity contribution in [2.24, 2.45) is 5.92 Å². The number of hydrogen-bond donors (Lipinski definition) is 1. The third-order valence-electron chi connectivity index (χ3n) is 3.44. The van der Waals surface area contributed by atoms with Gasteiger partial charge in [-0.25, -0.2) is 18.2 Å². The maximum absolute atomic E-state index is 12.1. The molecular weight excluding hydrogens is 310 g/mol. The van der Waals surface area contributed by atoms with Crippen LogP contribution in [-0.4, -0.2) is 49.4 Å². The Bertz CT molecular complexity index is 610. The van der Waals surface area contributed by atoms with E-state index in [0.29, 0.717) is 24.1 Å². The van der Waals surface area contributed by atoms with Gasteiger partial charge in [-0.1, -0.05) is 13.8 Å². The average Bonchev–Trinajstić information content (AvgIpc) is 2.96. The molecule has 0 aliphatic carbocycles. The van der Waals surface area contributed by atoms with Crippen LogP contribution in [0.4, 0.5) is 9.93 Å². The predicted octanol–water partition coefficient (Wildman–Crippen LogP) is 2.16. The van der Waals surface area contributed by atoms with Crippen molar-refractivity contribution in [3.05, 3.63) is 11.1 Å². The largest absolute Gasteiger partial charge is 0.324 e. The van der Waals surface area contributed by atoms with E-state index in [1.165, 1.54) is 17.6 Å². The first kappa shape index (κ1) is 16.2. The number of carbonyl (C=O) groups excluding carboxylic acids is 1. The summed E-state index contributed by atoms with van der Waals surface area (Å²) in [5.41, 5.74) is 0.965. The lowest BCUT2D eigenvalue weighted by Gasteiger charge is -2.16. The smallest absolute Gasteiger partial charge is 0.323 e. The fourth-order valence-corrected chi connectivity index (χ4v) is 4.35. The SMILES string of the molecule is CC(C)c1csc(NC(=O)N2CCC(CS(C)(=O)=O)C2)n1. The van der Waals surface area contributed by atoms with Gasteiger partial charge in [0.05, 0.1) is 11.4 Å². The molecule has 1 N–H and O–H groups in total. The number of amides is 2. The molecule has 0 spiro atoms. The van der Waals surface area contributed by atoms with Crippen molar-refractivity contribution < 1.29 is 13.2 Å². The molecule has 1 atom stereocenters. The Morgan fingerprint density at radius 2 is 2.29 bits per heavy atom. The van der Waals surface area contributed by atoms with E-state index >= 15 is 0 Å². The molecule has 0 aromatic carbocycles. The molecular formula is C13H21N3O3S2. The van der Waals surface area contributed by atoms with Gasteiger partial charge >= 0.3 is 6.03 Å². The van der Waals surface area contributed by atoms with E-state index in [0.717, 1.165) is 12.1 Å². The lowest BCUT2D eigenvalue weighted by molar-refractivity contribution is 0.221.